The van der Waals surface area contributed by atoms with Crippen molar-refractivity contribution in [3.05, 3.63) is 0 Å². The Labute approximate surface area is 106 Å². The molecule has 4 atom stereocenters. The molecule has 4 unspecified atom stereocenters. The van der Waals surface area contributed by atoms with Gasteiger partial charge in [-0.1, -0.05) is 34.1 Å². The first-order chi connectivity index (χ1) is 7.54. The average Bonchev–Trinajstić information content (AvgIpc) is 2.25. The predicted octanol–water partition coefficient (Wildman–Crippen LogP) is 3.79. The van der Waals surface area contributed by atoms with E-state index in [1.54, 1.807) is 0 Å². The maximum absolute atomic E-state index is 3.81. The summed E-state index contributed by atoms with van der Waals surface area (Å²) in [6.07, 6.45) is 6.43. The van der Waals surface area contributed by atoms with Crippen molar-refractivity contribution in [2.75, 3.05) is 12.8 Å². The number of rotatable bonds is 5. The van der Waals surface area contributed by atoms with Crippen molar-refractivity contribution in [1.29, 1.82) is 0 Å². The molecule has 1 rings (SSSR count). The van der Waals surface area contributed by atoms with Crippen LogP contribution in [-0.4, -0.2) is 24.1 Å². The van der Waals surface area contributed by atoms with Crippen LogP contribution in [0.25, 0.3) is 0 Å². The first kappa shape index (κ1) is 14.4. The van der Waals surface area contributed by atoms with Crippen molar-refractivity contribution in [3.63, 3.8) is 0 Å². The molecule has 0 bridgehead atoms. The van der Waals surface area contributed by atoms with Gasteiger partial charge in [-0.3, -0.25) is 0 Å². The van der Waals surface area contributed by atoms with Gasteiger partial charge in [-0.25, -0.2) is 0 Å². The highest BCUT2D eigenvalue weighted by atomic mass is 32.2. The van der Waals surface area contributed by atoms with Gasteiger partial charge >= 0.3 is 0 Å². The lowest BCUT2D eigenvalue weighted by Gasteiger charge is -2.38. The second-order valence-electron chi connectivity index (χ2n) is 5.89. The Balaban J connectivity index is 2.44. The summed E-state index contributed by atoms with van der Waals surface area (Å²) in [7, 11) is 0. The standard InChI is InChI=1S/C14H29NS/c1-10(2)13-7-6-11(3)8-14(13)15-9-12(4)16-5/h10-15H,6-9H2,1-5H3. The normalized spacial score (nSPS) is 33.0. The monoisotopic (exact) mass is 243 g/mol. The molecular weight excluding hydrogens is 214 g/mol. The lowest BCUT2D eigenvalue weighted by Crippen LogP contribution is -2.44. The molecule has 1 aliphatic rings. The van der Waals surface area contributed by atoms with E-state index in [2.05, 4.69) is 39.3 Å². The molecule has 0 radical (unpaired) electrons. The van der Waals surface area contributed by atoms with Gasteiger partial charge in [0, 0.05) is 17.8 Å². The van der Waals surface area contributed by atoms with E-state index in [0.29, 0.717) is 0 Å². The summed E-state index contributed by atoms with van der Waals surface area (Å²) in [5, 5.41) is 4.55. The molecule has 2 heteroatoms. The Morgan fingerprint density at radius 2 is 1.94 bits per heavy atom. The van der Waals surface area contributed by atoms with Gasteiger partial charge in [0.1, 0.15) is 0 Å². The average molecular weight is 243 g/mol. The van der Waals surface area contributed by atoms with Crippen LogP contribution in [0.4, 0.5) is 0 Å². The Kier molecular flexibility index (Phi) is 6.20. The minimum absolute atomic E-state index is 0.741. The third-order valence-corrected chi connectivity index (χ3v) is 5.06. The van der Waals surface area contributed by atoms with Crippen molar-refractivity contribution < 1.29 is 0 Å². The van der Waals surface area contributed by atoms with Gasteiger partial charge < -0.3 is 5.32 Å². The zero-order valence-electron chi connectivity index (χ0n) is 11.6. The summed E-state index contributed by atoms with van der Waals surface area (Å²) in [5.41, 5.74) is 0. The third-order valence-electron chi connectivity index (χ3n) is 4.09. The lowest BCUT2D eigenvalue weighted by atomic mass is 9.74. The van der Waals surface area contributed by atoms with Gasteiger partial charge in [0.05, 0.1) is 0 Å². The highest BCUT2D eigenvalue weighted by Gasteiger charge is 2.30. The summed E-state index contributed by atoms with van der Waals surface area (Å²) in [6, 6.07) is 0.762. The van der Waals surface area contributed by atoms with Crippen LogP contribution >= 0.6 is 11.8 Å². The molecule has 1 saturated carbocycles. The molecule has 0 spiro atoms. The van der Waals surface area contributed by atoms with E-state index in [0.717, 1.165) is 29.0 Å². The number of hydrogen-bond acceptors (Lipinski definition) is 2. The van der Waals surface area contributed by atoms with E-state index in [1.807, 2.05) is 11.8 Å². The summed E-state index contributed by atoms with van der Waals surface area (Å²) in [6.45, 7) is 10.7. The molecule has 0 aliphatic heterocycles. The van der Waals surface area contributed by atoms with Crippen molar-refractivity contribution in [1.82, 2.24) is 5.32 Å². The fourth-order valence-electron chi connectivity index (χ4n) is 2.84. The maximum atomic E-state index is 3.81. The minimum atomic E-state index is 0.741. The van der Waals surface area contributed by atoms with Crippen LogP contribution in [0.15, 0.2) is 0 Å². The van der Waals surface area contributed by atoms with Crippen LogP contribution in [0.2, 0.25) is 0 Å². The second-order valence-corrected chi connectivity index (χ2v) is 7.16. The van der Waals surface area contributed by atoms with Crippen molar-refractivity contribution in [3.8, 4) is 0 Å². The van der Waals surface area contributed by atoms with Crippen LogP contribution in [0.5, 0.6) is 0 Å². The number of nitrogens with one attached hydrogen (secondary N) is 1. The van der Waals surface area contributed by atoms with E-state index in [9.17, 15) is 0 Å². The Hall–Kier alpha value is 0.310. The molecule has 0 amide bonds. The van der Waals surface area contributed by atoms with Crippen molar-refractivity contribution >= 4 is 11.8 Å². The third kappa shape index (κ3) is 4.29. The van der Waals surface area contributed by atoms with Crippen LogP contribution < -0.4 is 5.32 Å². The van der Waals surface area contributed by atoms with Gasteiger partial charge in [0.2, 0.25) is 0 Å². The van der Waals surface area contributed by atoms with Crippen LogP contribution in [-0.2, 0) is 0 Å². The summed E-state index contributed by atoms with van der Waals surface area (Å²) in [5.74, 6) is 2.64. The molecule has 0 saturated heterocycles. The Morgan fingerprint density at radius 1 is 1.25 bits per heavy atom. The first-order valence-corrected chi connectivity index (χ1v) is 8.09. The van der Waals surface area contributed by atoms with E-state index >= 15 is 0 Å². The fourth-order valence-corrected chi connectivity index (χ4v) is 3.10. The van der Waals surface area contributed by atoms with Gasteiger partial charge in [-0.15, -0.1) is 0 Å². The quantitative estimate of drug-likeness (QED) is 0.788. The van der Waals surface area contributed by atoms with Gasteiger partial charge in [0.15, 0.2) is 0 Å². The smallest absolute Gasteiger partial charge is 0.0141 e. The highest BCUT2D eigenvalue weighted by molar-refractivity contribution is 7.99. The molecule has 1 nitrogen and oxygen atoms in total. The largest absolute Gasteiger partial charge is 0.313 e. The topological polar surface area (TPSA) is 12.0 Å². The van der Waals surface area contributed by atoms with E-state index in [4.69, 9.17) is 0 Å². The predicted molar refractivity (Wildman–Crippen MR) is 76.1 cm³/mol. The van der Waals surface area contributed by atoms with Gasteiger partial charge in [0.25, 0.3) is 0 Å². The lowest BCUT2D eigenvalue weighted by molar-refractivity contribution is 0.171. The molecule has 0 aromatic carbocycles. The fraction of sp³-hybridized carbons (Fsp3) is 1.00. The summed E-state index contributed by atoms with van der Waals surface area (Å²) < 4.78 is 0. The molecule has 0 heterocycles. The van der Waals surface area contributed by atoms with E-state index in [-0.39, 0.29) is 0 Å². The molecule has 1 fully saturated rings. The van der Waals surface area contributed by atoms with E-state index in [1.165, 1.54) is 25.8 Å². The highest BCUT2D eigenvalue weighted by Crippen LogP contribution is 2.33. The van der Waals surface area contributed by atoms with Crippen LogP contribution in [0, 0.1) is 17.8 Å². The first-order valence-electron chi connectivity index (χ1n) is 6.80. The molecular formula is C14H29NS. The molecule has 0 aromatic rings. The van der Waals surface area contributed by atoms with Gasteiger partial charge in [-0.05, 0) is 36.9 Å². The summed E-state index contributed by atoms with van der Waals surface area (Å²) >= 11 is 1.96. The molecule has 96 valence electrons. The van der Waals surface area contributed by atoms with E-state index < -0.39 is 0 Å². The minimum Gasteiger partial charge on any atom is -0.313 e. The van der Waals surface area contributed by atoms with Crippen molar-refractivity contribution in [2.45, 2.75) is 58.2 Å². The zero-order chi connectivity index (χ0) is 12.1. The summed E-state index contributed by atoms with van der Waals surface area (Å²) in [4.78, 5) is 0. The molecule has 0 aromatic heterocycles. The maximum Gasteiger partial charge on any atom is 0.0141 e. The van der Waals surface area contributed by atoms with Crippen molar-refractivity contribution in [2.24, 2.45) is 17.8 Å². The second kappa shape index (κ2) is 6.90. The van der Waals surface area contributed by atoms with Crippen LogP contribution in [0.3, 0.4) is 0 Å². The van der Waals surface area contributed by atoms with Crippen LogP contribution in [0.1, 0.15) is 47.0 Å². The zero-order valence-corrected chi connectivity index (χ0v) is 12.4. The molecule has 16 heavy (non-hydrogen) atoms. The molecule has 1 N–H and O–H groups in total. The Bertz CT molecular complexity index is 193. The Morgan fingerprint density at radius 3 is 2.50 bits per heavy atom. The SMILES string of the molecule is CSC(C)CNC1CC(C)CCC1C(C)C. The number of thioether (sulfide) groups is 1. The number of hydrogen-bond donors (Lipinski definition) is 1. The van der Waals surface area contributed by atoms with Gasteiger partial charge in [-0.2, -0.15) is 11.8 Å². The molecule has 1 aliphatic carbocycles.